The Bertz CT molecular complexity index is 1190. The molecule has 0 aliphatic heterocycles. The quantitative estimate of drug-likeness (QED) is 0.592. The summed E-state index contributed by atoms with van der Waals surface area (Å²) < 4.78 is 2.55. The van der Waals surface area contributed by atoms with Crippen LogP contribution in [0.25, 0.3) is 28.1 Å². The van der Waals surface area contributed by atoms with Gasteiger partial charge < -0.3 is 0 Å². The van der Waals surface area contributed by atoms with E-state index in [-0.39, 0.29) is 11.3 Å². The van der Waals surface area contributed by atoms with Crippen molar-refractivity contribution in [3.05, 3.63) is 64.8 Å². The summed E-state index contributed by atoms with van der Waals surface area (Å²) in [6.07, 6.45) is 1.40. The Balaban J connectivity index is 1.79. The van der Waals surface area contributed by atoms with Crippen molar-refractivity contribution in [1.29, 1.82) is 0 Å². The summed E-state index contributed by atoms with van der Waals surface area (Å²) in [7, 11) is 0. The SMILES string of the molecule is CC(=O)Nn1c(C)nc2c(cnn2-c2ccc(-c3ccccc3)nn2)c1=O. The molecule has 0 saturated heterocycles. The van der Waals surface area contributed by atoms with Crippen LogP contribution in [0.3, 0.4) is 0 Å². The Hall–Kier alpha value is -3.88. The van der Waals surface area contributed by atoms with Crippen LogP contribution < -0.4 is 11.0 Å². The van der Waals surface area contributed by atoms with Gasteiger partial charge in [-0.3, -0.25) is 15.0 Å². The molecule has 1 N–H and O–H groups in total. The summed E-state index contributed by atoms with van der Waals surface area (Å²) in [5.41, 5.74) is 4.07. The Morgan fingerprint density at radius 3 is 2.52 bits per heavy atom. The fourth-order valence-electron chi connectivity index (χ4n) is 2.73. The van der Waals surface area contributed by atoms with E-state index in [9.17, 15) is 9.59 Å². The second-order valence-electron chi connectivity index (χ2n) is 5.90. The first-order chi connectivity index (χ1) is 13.0. The minimum absolute atomic E-state index is 0.267. The van der Waals surface area contributed by atoms with E-state index < -0.39 is 5.56 Å². The highest BCUT2D eigenvalue weighted by molar-refractivity contribution is 5.82. The first-order valence-corrected chi connectivity index (χ1v) is 8.19. The first kappa shape index (κ1) is 16.6. The molecule has 0 atom stereocenters. The smallest absolute Gasteiger partial charge is 0.274 e. The lowest BCUT2D eigenvalue weighted by Crippen LogP contribution is -2.34. The number of nitrogens with zero attached hydrogens (tertiary/aromatic N) is 6. The third-order valence-electron chi connectivity index (χ3n) is 3.97. The zero-order valence-corrected chi connectivity index (χ0v) is 14.6. The molecule has 0 radical (unpaired) electrons. The van der Waals surface area contributed by atoms with Crippen LogP contribution in [0.5, 0.6) is 0 Å². The lowest BCUT2D eigenvalue weighted by molar-refractivity contribution is -0.115. The number of benzene rings is 1. The lowest BCUT2D eigenvalue weighted by atomic mass is 10.1. The fourth-order valence-corrected chi connectivity index (χ4v) is 2.73. The van der Waals surface area contributed by atoms with E-state index in [1.165, 1.54) is 17.8 Å². The molecule has 1 aromatic carbocycles. The van der Waals surface area contributed by atoms with Crippen LogP contribution in [0.2, 0.25) is 0 Å². The maximum Gasteiger partial charge on any atom is 0.283 e. The molecule has 0 bridgehead atoms. The maximum absolute atomic E-state index is 12.6. The fraction of sp³-hybridized carbons (Fsp3) is 0.111. The molecule has 0 fully saturated rings. The van der Waals surface area contributed by atoms with Crippen molar-refractivity contribution in [1.82, 2.24) is 29.6 Å². The van der Waals surface area contributed by atoms with E-state index in [0.29, 0.717) is 17.3 Å². The van der Waals surface area contributed by atoms with Gasteiger partial charge in [0.25, 0.3) is 5.56 Å². The number of carbonyl (C=O) groups is 1. The second-order valence-corrected chi connectivity index (χ2v) is 5.90. The number of hydrogen-bond acceptors (Lipinski definition) is 6. The zero-order chi connectivity index (χ0) is 19.0. The van der Waals surface area contributed by atoms with E-state index in [2.05, 4.69) is 25.7 Å². The molecule has 4 aromatic rings. The molecule has 3 aromatic heterocycles. The Kier molecular flexibility index (Phi) is 3.96. The standard InChI is InChI=1S/C18H15N7O2/c1-11-20-17-14(18(27)24(11)23-12(2)26)10-19-25(17)16-9-8-15(21-22-16)13-6-4-3-5-7-13/h3-10H,1-2H3,(H,23,26). The van der Waals surface area contributed by atoms with Gasteiger partial charge in [0.15, 0.2) is 11.5 Å². The molecule has 0 spiro atoms. The normalized spacial score (nSPS) is 10.9. The van der Waals surface area contributed by atoms with Crippen molar-refractivity contribution < 1.29 is 4.79 Å². The summed E-state index contributed by atoms with van der Waals surface area (Å²) in [5.74, 6) is 0.405. The highest BCUT2D eigenvalue weighted by Crippen LogP contribution is 2.17. The number of aromatic nitrogens is 6. The largest absolute Gasteiger partial charge is 0.283 e. The number of aryl methyl sites for hydroxylation is 1. The number of hydrogen-bond donors (Lipinski definition) is 1. The summed E-state index contributed by atoms with van der Waals surface area (Å²) >= 11 is 0. The van der Waals surface area contributed by atoms with Gasteiger partial charge in [0.2, 0.25) is 5.91 Å². The van der Waals surface area contributed by atoms with Gasteiger partial charge in [-0.1, -0.05) is 30.3 Å². The van der Waals surface area contributed by atoms with Crippen molar-refractivity contribution in [3.8, 4) is 17.1 Å². The van der Waals surface area contributed by atoms with Crippen LogP contribution in [-0.2, 0) is 4.79 Å². The molecule has 0 aliphatic carbocycles. The molecule has 1 amide bonds. The monoisotopic (exact) mass is 361 g/mol. The summed E-state index contributed by atoms with van der Waals surface area (Å²) in [5, 5.41) is 12.9. The lowest BCUT2D eigenvalue weighted by Gasteiger charge is -2.09. The molecule has 9 nitrogen and oxygen atoms in total. The summed E-state index contributed by atoms with van der Waals surface area (Å²) in [4.78, 5) is 28.3. The molecular formula is C18H15N7O2. The molecule has 9 heteroatoms. The molecule has 4 rings (SSSR count). The maximum atomic E-state index is 12.6. The number of carbonyl (C=O) groups excluding carboxylic acids is 1. The topological polar surface area (TPSA) is 108 Å². The van der Waals surface area contributed by atoms with Gasteiger partial charge in [-0.15, -0.1) is 10.2 Å². The van der Waals surface area contributed by atoms with Gasteiger partial charge in [0.1, 0.15) is 11.2 Å². The third kappa shape index (κ3) is 2.95. The number of fused-ring (bicyclic) bond motifs is 1. The predicted octanol–water partition coefficient (Wildman–Crippen LogP) is 1.44. The summed E-state index contributed by atoms with van der Waals surface area (Å²) in [6, 6.07) is 13.3. The number of rotatable bonds is 3. The number of amides is 1. The van der Waals surface area contributed by atoms with Crippen molar-refractivity contribution in [2.45, 2.75) is 13.8 Å². The molecule has 27 heavy (non-hydrogen) atoms. The Morgan fingerprint density at radius 1 is 1.07 bits per heavy atom. The van der Waals surface area contributed by atoms with Crippen LogP contribution in [0.4, 0.5) is 0 Å². The van der Waals surface area contributed by atoms with Crippen molar-refractivity contribution in [3.63, 3.8) is 0 Å². The van der Waals surface area contributed by atoms with Crippen LogP contribution in [-0.4, -0.2) is 35.5 Å². The van der Waals surface area contributed by atoms with Crippen molar-refractivity contribution >= 4 is 16.9 Å². The minimum atomic E-state index is -0.409. The van der Waals surface area contributed by atoms with E-state index in [1.54, 1.807) is 13.0 Å². The first-order valence-electron chi connectivity index (χ1n) is 8.19. The van der Waals surface area contributed by atoms with Crippen LogP contribution in [0, 0.1) is 6.92 Å². The highest BCUT2D eigenvalue weighted by Gasteiger charge is 2.15. The van der Waals surface area contributed by atoms with E-state index in [0.717, 1.165) is 15.9 Å². The third-order valence-corrected chi connectivity index (χ3v) is 3.97. The van der Waals surface area contributed by atoms with Gasteiger partial charge in [-0.05, 0) is 19.1 Å². The molecule has 0 unspecified atom stereocenters. The zero-order valence-electron chi connectivity index (χ0n) is 14.6. The van der Waals surface area contributed by atoms with E-state index in [4.69, 9.17) is 0 Å². The van der Waals surface area contributed by atoms with Crippen LogP contribution in [0.1, 0.15) is 12.7 Å². The average molecular weight is 361 g/mol. The van der Waals surface area contributed by atoms with Crippen molar-refractivity contribution in [2.75, 3.05) is 5.43 Å². The van der Waals surface area contributed by atoms with E-state index >= 15 is 0 Å². The molecule has 0 saturated carbocycles. The molecule has 3 heterocycles. The second kappa shape index (κ2) is 6.45. The van der Waals surface area contributed by atoms with Crippen LogP contribution in [0.15, 0.2) is 53.5 Å². The van der Waals surface area contributed by atoms with Crippen LogP contribution >= 0.6 is 0 Å². The van der Waals surface area contributed by atoms with Gasteiger partial charge >= 0.3 is 0 Å². The van der Waals surface area contributed by atoms with E-state index in [1.807, 2.05) is 36.4 Å². The summed E-state index contributed by atoms with van der Waals surface area (Å²) in [6.45, 7) is 2.95. The average Bonchev–Trinajstić information content (AvgIpc) is 3.09. The number of nitrogens with one attached hydrogen (secondary N) is 1. The Labute approximate surface area is 153 Å². The van der Waals surface area contributed by atoms with Gasteiger partial charge in [0.05, 0.1) is 11.9 Å². The minimum Gasteiger partial charge on any atom is -0.274 e. The highest BCUT2D eigenvalue weighted by atomic mass is 16.2. The van der Waals surface area contributed by atoms with Gasteiger partial charge in [-0.2, -0.15) is 9.78 Å². The van der Waals surface area contributed by atoms with Gasteiger partial charge in [-0.25, -0.2) is 9.66 Å². The molecular weight excluding hydrogens is 346 g/mol. The Morgan fingerprint density at radius 2 is 1.85 bits per heavy atom. The predicted molar refractivity (Wildman–Crippen MR) is 98.9 cm³/mol. The van der Waals surface area contributed by atoms with Gasteiger partial charge in [0, 0.05) is 12.5 Å². The molecule has 0 aliphatic rings. The molecule has 134 valence electrons. The van der Waals surface area contributed by atoms with Crippen molar-refractivity contribution in [2.24, 2.45) is 0 Å².